The number of carbonyl (C=O) groups excluding carboxylic acids is 2. The van der Waals surface area contributed by atoms with Crippen molar-refractivity contribution in [1.82, 2.24) is 10.2 Å². The molecule has 1 aliphatic rings. The highest BCUT2D eigenvalue weighted by molar-refractivity contribution is 5.94. The Morgan fingerprint density at radius 2 is 1.77 bits per heavy atom. The first-order valence-electron chi connectivity index (χ1n) is 7.77. The van der Waals surface area contributed by atoms with Crippen molar-refractivity contribution < 1.29 is 9.59 Å². The Morgan fingerprint density at radius 3 is 2.27 bits per heavy atom. The molecule has 5 heteroatoms. The van der Waals surface area contributed by atoms with E-state index in [0.717, 1.165) is 31.2 Å². The summed E-state index contributed by atoms with van der Waals surface area (Å²) in [6.07, 6.45) is 3.77. The molecular formula is C17H25N3O2. The monoisotopic (exact) mass is 303 g/mol. The lowest BCUT2D eigenvalue weighted by Gasteiger charge is -2.30. The van der Waals surface area contributed by atoms with Crippen molar-refractivity contribution in [3.8, 4) is 0 Å². The normalized spacial score (nSPS) is 16.3. The van der Waals surface area contributed by atoms with Gasteiger partial charge in [0.2, 0.25) is 5.91 Å². The van der Waals surface area contributed by atoms with Gasteiger partial charge in [-0.05, 0) is 30.5 Å². The third kappa shape index (κ3) is 3.47. The van der Waals surface area contributed by atoms with E-state index in [1.54, 1.807) is 31.1 Å². The molecule has 0 bridgehead atoms. The maximum Gasteiger partial charge on any atom is 0.251 e. The summed E-state index contributed by atoms with van der Waals surface area (Å²) >= 11 is 0. The van der Waals surface area contributed by atoms with Gasteiger partial charge in [-0.1, -0.05) is 25.0 Å². The maximum atomic E-state index is 12.5. The number of carbonyl (C=O) groups is 2. The highest BCUT2D eigenvalue weighted by Gasteiger charge is 2.42. The van der Waals surface area contributed by atoms with Crippen LogP contribution in [0.1, 0.15) is 41.6 Å². The Morgan fingerprint density at radius 1 is 1.18 bits per heavy atom. The first-order valence-corrected chi connectivity index (χ1v) is 7.77. The fraction of sp³-hybridized carbons (Fsp3) is 0.529. The second-order valence-corrected chi connectivity index (χ2v) is 6.27. The molecule has 0 aromatic heterocycles. The van der Waals surface area contributed by atoms with Gasteiger partial charge >= 0.3 is 0 Å². The molecule has 1 saturated carbocycles. The maximum absolute atomic E-state index is 12.5. The number of hydrogen-bond donors (Lipinski definition) is 2. The van der Waals surface area contributed by atoms with Gasteiger partial charge in [-0.2, -0.15) is 0 Å². The molecule has 0 heterocycles. The molecule has 2 amide bonds. The first-order chi connectivity index (χ1) is 10.5. The highest BCUT2D eigenvalue weighted by Crippen LogP contribution is 2.38. The standard InChI is InChI=1S/C17H25N3O2/c1-20(2)16(22)17(9-3-4-10-17)12-19-15(21)14-7-5-13(11-18)6-8-14/h5-8H,3-4,9-12,18H2,1-2H3,(H,19,21). The summed E-state index contributed by atoms with van der Waals surface area (Å²) in [5, 5.41) is 2.94. The lowest BCUT2D eigenvalue weighted by Crippen LogP contribution is -2.46. The van der Waals surface area contributed by atoms with E-state index in [1.165, 1.54) is 0 Å². The van der Waals surface area contributed by atoms with Crippen molar-refractivity contribution >= 4 is 11.8 Å². The number of nitrogens with zero attached hydrogens (tertiary/aromatic N) is 1. The van der Waals surface area contributed by atoms with E-state index < -0.39 is 5.41 Å². The predicted molar refractivity (Wildman–Crippen MR) is 86.3 cm³/mol. The zero-order chi connectivity index (χ0) is 16.2. The third-order valence-corrected chi connectivity index (χ3v) is 4.46. The Labute approximate surface area is 131 Å². The smallest absolute Gasteiger partial charge is 0.251 e. The Balaban J connectivity index is 2.02. The number of amides is 2. The van der Waals surface area contributed by atoms with Gasteiger partial charge in [0.25, 0.3) is 5.91 Å². The zero-order valence-corrected chi connectivity index (χ0v) is 13.4. The van der Waals surface area contributed by atoms with E-state index in [4.69, 9.17) is 5.73 Å². The fourth-order valence-electron chi connectivity index (χ4n) is 3.14. The quantitative estimate of drug-likeness (QED) is 0.866. The van der Waals surface area contributed by atoms with Crippen LogP contribution in [0.15, 0.2) is 24.3 Å². The summed E-state index contributed by atoms with van der Waals surface area (Å²) in [6, 6.07) is 7.25. The summed E-state index contributed by atoms with van der Waals surface area (Å²) in [7, 11) is 3.55. The molecule has 1 fully saturated rings. The van der Waals surface area contributed by atoms with Gasteiger partial charge in [0.15, 0.2) is 0 Å². The fourth-order valence-corrected chi connectivity index (χ4v) is 3.14. The van der Waals surface area contributed by atoms with Crippen LogP contribution in [0.2, 0.25) is 0 Å². The average molecular weight is 303 g/mol. The van der Waals surface area contributed by atoms with Crippen LogP contribution in [0.25, 0.3) is 0 Å². The number of hydrogen-bond acceptors (Lipinski definition) is 3. The minimum Gasteiger partial charge on any atom is -0.351 e. The summed E-state index contributed by atoms with van der Waals surface area (Å²) in [6.45, 7) is 0.865. The second-order valence-electron chi connectivity index (χ2n) is 6.27. The van der Waals surface area contributed by atoms with Crippen LogP contribution in [0.5, 0.6) is 0 Å². The summed E-state index contributed by atoms with van der Waals surface area (Å²) in [5.41, 5.74) is 6.71. The number of benzene rings is 1. The molecule has 5 nitrogen and oxygen atoms in total. The lowest BCUT2D eigenvalue weighted by atomic mass is 9.84. The predicted octanol–water partition coefficient (Wildman–Crippen LogP) is 1.52. The molecule has 2 rings (SSSR count). The largest absolute Gasteiger partial charge is 0.351 e. The molecule has 0 spiro atoms. The summed E-state index contributed by atoms with van der Waals surface area (Å²) < 4.78 is 0. The van der Waals surface area contributed by atoms with Crippen LogP contribution in [0.4, 0.5) is 0 Å². The second kappa shape index (κ2) is 6.92. The van der Waals surface area contributed by atoms with Gasteiger partial charge < -0.3 is 16.0 Å². The van der Waals surface area contributed by atoms with Crippen molar-refractivity contribution in [3.05, 3.63) is 35.4 Å². The molecule has 1 aromatic carbocycles. The van der Waals surface area contributed by atoms with Gasteiger partial charge in [-0.3, -0.25) is 9.59 Å². The van der Waals surface area contributed by atoms with E-state index in [2.05, 4.69) is 5.32 Å². The van der Waals surface area contributed by atoms with E-state index in [1.807, 2.05) is 12.1 Å². The molecule has 0 radical (unpaired) electrons. The van der Waals surface area contributed by atoms with Crippen LogP contribution >= 0.6 is 0 Å². The third-order valence-electron chi connectivity index (χ3n) is 4.46. The number of rotatable bonds is 5. The van der Waals surface area contributed by atoms with Crippen LogP contribution in [-0.4, -0.2) is 37.4 Å². The highest BCUT2D eigenvalue weighted by atomic mass is 16.2. The lowest BCUT2D eigenvalue weighted by molar-refractivity contribution is -0.138. The van der Waals surface area contributed by atoms with Crippen molar-refractivity contribution in [2.45, 2.75) is 32.2 Å². The van der Waals surface area contributed by atoms with Crippen molar-refractivity contribution in [2.75, 3.05) is 20.6 Å². The number of nitrogens with one attached hydrogen (secondary N) is 1. The van der Waals surface area contributed by atoms with Crippen molar-refractivity contribution in [3.63, 3.8) is 0 Å². The van der Waals surface area contributed by atoms with Crippen LogP contribution in [-0.2, 0) is 11.3 Å². The Kier molecular flexibility index (Phi) is 5.19. The van der Waals surface area contributed by atoms with Crippen LogP contribution < -0.4 is 11.1 Å². The van der Waals surface area contributed by atoms with Crippen LogP contribution in [0.3, 0.4) is 0 Å². The average Bonchev–Trinajstić information content (AvgIpc) is 3.02. The molecule has 0 unspecified atom stereocenters. The number of nitrogens with two attached hydrogens (primary N) is 1. The molecule has 0 aliphatic heterocycles. The van der Waals surface area contributed by atoms with E-state index in [0.29, 0.717) is 18.7 Å². The SMILES string of the molecule is CN(C)C(=O)C1(CNC(=O)c2ccc(CN)cc2)CCCC1. The minimum atomic E-state index is -0.434. The van der Waals surface area contributed by atoms with Gasteiger partial charge in [-0.25, -0.2) is 0 Å². The van der Waals surface area contributed by atoms with Gasteiger partial charge in [0.05, 0.1) is 5.41 Å². The Bertz CT molecular complexity index is 531. The first kappa shape index (κ1) is 16.5. The van der Waals surface area contributed by atoms with E-state index in [9.17, 15) is 9.59 Å². The molecular weight excluding hydrogens is 278 g/mol. The van der Waals surface area contributed by atoms with Crippen molar-refractivity contribution in [2.24, 2.45) is 11.1 Å². The molecule has 3 N–H and O–H groups in total. The van der Waals surface area contributed by atoms with Gasteiger partial charge in [0, 0.05) is 32.7 Å². The molecule has 0 saturated heterocycles. The van der Waals surface area contributed by atoms with Gasteiger partial charge in [0.1, 0.15) is 0 Å². The Hall–Kier alpha value is -1.88. The summed E-state index contributed by atoms with van der Waals surface area (Å²) in [5.74, 6) is -0.0230. The van der Waals surface area contributed by atoms with E-state index >= 15 is 0 Å². The molecule has 22 heavy (non-hydrogen) atoms. The zero-order valence-electron chi connectivity index (χ0n) is 13.4. The molecule has 1 aromatic rings. The summed E-state index contributed by atoms with van der Waals surface area (Å²) in [4.78, 5) is 26.4. The van der Waals surface area contributed by atoms with E-state index in [-0.39, 0.29) is 11.8 Å². The van der Waals surface area contributed by atoms with Crippen molar-refractivity contribution in [1.29, 1.82) is 0 Å². The minimum absolute atomic E-state index is 0.115. The van der Waals surface area contributed by atoms with Crippen LogP contribution in [0, 0.1) is 5.41 Å². The molecule has 0 atom stereocenters. The topological polar surface area (TPSA) is 75.4 Å². The molecule has 120 valence electrons. The van der Waals surface area contributed by atoms with Gasteiger partial charge in [-0.15, -0.1) is 0 Å². The molecule has 1 aliphatic carbocycles.